The number of nitrogens with zero attached hydrogens (tertiary/aromatic N) is 1. The fraction of sp³-hybridized carbons (Fsp3) is 0.643. The van der Waals surface area contributed by atoms with Crippen LogP contribution in [-0.2, 0) is 4.79 Å². The van der Waals surface area contributed by atoms with Crippen molar-refractivity contribution in [3.63, 3.8) is 0 Å². The third kappa shape index (κ3) is 3.83. The Kier molecular flexibility index (Phi) is 4.68. The number of amides is 1. The van der Waals surface area contributed by atoms with Crippen LogP contribution in [0.2, 0.25) is 0 Å². The molecule has 2 rings (SSSR count). The maximum absolute atomic E-state index is 11.9. The van der Waals surface area contributed by atoms with Crippen molar-refractivity contribution in [1.29, 1.82) is 0 Å². The summed E-state index contributed by atoms with van der Waals surface area (Å²) in [6, 6.07) is 4.01. The largest absolute Gasteiger partial charge is 0.468 e. The van der Waals surface area contributed by atoms with Gasteiger partial charge in [-0.1, -0.05) is 15.9 Å². The summed E-state index contributed by atoms with van der Waals surface area (Å²) >= 11 is 3.38. The maximum atomic E-state index is 11.9. The van der Waals surface area contributed by atoms with Crippen LogP contribution >= 0.6 is 15.9 Å². The van der Waals surface area contributed by atoms with Gasteiger partial charge < -0.3 is 9.73 Å². The van der Waals surface area contributed by atoms with Crippen LogP contribution in [0.5, 0.6) is 0 Å². The minimum Gasteiger partial charge on any atom is -0.468 e. The van der Waals surface area contributed by atoms with Crippen LogP contribution in [0.25, 0.3) is 0 Å². The summed E-state index contributed by atoms with van der Waals surface area (Å²) in [5.74, 6) is 0.929. The van der Waals surface area contributed by atoms with Gasteiger partial charge in [0.1, 0.15) is 5.76 Å². The average Bonchev–Trinajstić information content (AvgIpc) is 3.00. The van der Waals surface area contributed by atoms with E-state index in [4.69, 9.17) is 4.42 Å². The summed E-state index contributed by atoms with van der Waals surface area (Å²) in [5, 5.41) is 3.00. The van der Waals surface area contributed by atoms with E-state index in [2.05, 4.69) is 26.1 Å². The highest BCUT2D eigenvalue weighted by Gasteiger charge is 2.28. The molecule has 106 valence electrons. The molecule has 19 heavy (non-hydrogen) atoms. The van der Waals surface area contributed by atoms with Gasteiger partial charge in [-0.05, 0) is 51.9 Å². The van der Waals surface area contributed by atoms with Crippen molar-refractivity contribution in [2.45, 2.75) is 37.1 Å². The SMILES string of the molecule is CC(C)(Br)C(=O)NCC(c1ccco1)N1CCCC1. The molecular weight excluding hydrogens is 308 g/mol. The predicted molar refractivity (Wildman–Crippen MR) is 78.3 cm³/mol. The number of hydrogen-bond donors (Lipinski definition) is 1. The Hall–Kier alpha value is -0.810. The summed E-state index contributed by atoms with van der Waals surface area (Å²) in [6.07, 6.45) is 4.12. The molecule has 5 heteroatoms. The first-order chi connectivity index (χ1) is 8.98. The number of rotatable bonds is 5. The predicted octanol–water partition coefficient (Wildman–Crippen LogP) is 2.71. The minimum atomic E-state index is -0.536. The fourth-order valence-corrected chi connectivity index (χ4v) is 2.48. The summed E-state index contributed by atoms with van der Waals surface area (Å²) < 4.78 is 4.99. The van der Waals surface area contributed by atoms with Crippen molar-refractivity contribution < 1.29 is 9.21 Å². The second kappa shape index (κ2) is 6.09. The quantitative estimate of drug-likeness (QED) is 0.845. The second-order valence-corrected chi connectivity index (χ2v) is 7.44. The summed E-state index contributed by atoms with van der Waals surface area (Å²) in [5.41, 5.74) is 0. The van der Waals surface area contributed by atoms with Gasteiger partial charge in [-0.25, -0.2) is 0 Å². The fourth-order valence-electron chi connectivity index (χ4n) is 2.34. The molecule has 1 N–H and O–H groups in total. The lowest BCUT2D eigenvalue weighted by Crippen LogP contribution is -2.42. The Bertz CT molecular complexity index is 406. The summed E-state index contributed by atoms with van der Waals surface area (Å²) in [6.45, 7) is 6.42. The molecule has 1 amide bonds. The first-order valence-electron chi connectivity index (χ1n) is 6.73. The molecule has 1 unspecified atom stereocenters. The molecule has 0 spiro atoms. The zero-order valence-corrected chi connectivity index (χ0v) is 13.1. The molecule has 1 aromatic rings. The van der Waals surface area contributed by atoms with Crippen molar-refractivity contribution in [2.24, 2.45) is 0 Å². The van der Waals surface area contributed by atoms with Gasteiger partial charge in [0, 0.05) is 6.54 Å². The van der Waals surface area contributed by atoms with Gasteiger partial charge in [0.2, 0.25) is 5.91 Å². The molecule has 0 aliphatic carbocycles. The van der Waals surface area contributed by atoms with Gasteiger partial charge in [-0.3, -0.25) is 9.69 Å². The van der Waals surface area contributed by atoms with Crippen LogP contribution in [0.1, 0.15) is 38.5 Å². The van der Waals surface area contributed by atoms with Gasteiger partial charge in [0.15, 0.2) is 0 Å². The number of carbonyl (C=O) groups excluding carboxylic acids is 1. The van der Waals surface area contributed by atoms with E-state index in [0.29, 0.717) is 6.54 Å². The molecule has 2 heterocycles. The molecule has 0 saturated carbocycles. The molecule has 0 radical (unpaired) electrons. The van der Waals surface area contributed by atoms with E-state index in [1.807, 2.05) is 26.0 Å². The molecule has 1 aliphatic rings. The van der Waals surface area contributed by atoms with Crippen molar-refractivity contribution >= 4 is 21.8 Å². The van der Waals surface area contributed by atoms with Gasteiger partial charge >= 0.3 is 0 Å². The highest BCUT2D eigenvalue weighted by molar-refractivity contribution is 9.10. The number of furan rings is 1. The average molecular weight is 329 g/mol. The minimum absolute atomic E-state index is 0.00301. The number of likely N-dealkylation sites (tertiary alicyclic amines) is 1. The molecule has 1 saturated heterocycles. The van der Waals surface area contributed by atoms with Gasteiger partial charge in [-0.15, -0.1) is 0 Å². The highest BCUT2D eigenvalue weighted by Crippen LogP contribution is 2.25. The zero-order valence-electron chi connectivity index (χ0n) is 11.5. The van der Waals surface area contributed by atoms with Crippen molar-refractivity contribution in [3.05, 3.63) is 24.2 Å². The van der Waals surface area contributed by atoms with Crippen LogP contribution < -0.4 is 5.32 Å². The van der Waals surface area contributed by atoms with E-state index in [-0.39, 0.29) is 11.9 Å². The Labute approximate surface area is 122 Å². The number of alkyl halides is 1. The molecule has 1 atom stereocenters. The molecule has 0 bridgehead atoms. The lowest BCUT2D eigenvalue weighted by atomic mass is 10.1. The normalized spacial score (nSPS) is 18.5. The van der Waals surface area contributed by atoms with Crippen molar-refractivity contribution in [1.82, 2.24) is 10.2 Å². The first kappa shape index (κ1) is 14.6. The van der Waals surface area contributed by atoms with E-state index in [9.17, 15) is 4.79 Å². The van der Waals surface area contributed by atoms with Gasteiger partial charge in [0.25, 0.3) is 0 Å². The third-order valence-corrected chi connectivity index (χ3v) is 3.81. The monoisotopic (exact) mass is 328 g/mol. The Morgan fingerprint density at radius 2 is 2.21 bits per heavy atom. The lowest BCUT2D eigenvalue weighted by Gasteiger charge is -2.27. The van der Waals surface area contributed by atoms with Gasteiger partial charge in [-0.2, -0.15) is 0 Å². The summed E-state index contributed by atoms with van der Waals surface area (Å²) in [4.78, 5) is 14.3. The Balaban J connectivity index is 2.00. The molecule has 4 nitrogen and oxygen atoms in total. The lowest BCUT2D eigenvalue weighted by molar-refractivity contribution is -0.122. The summed E-state index contributed by atoms with van der Waals surface area (Å²) in [7, 11) is 0. The van der Waals surface area contributed by atoms with Crippen LogP contribution in [-0.4, -0.2) is 34.8 Å². The van der Waals surface area contributed by atoms with Crippen LogP contribution in [0.15, 0.2) is 22.8 Å². The van der Waals surface area contributed by atoms with Crippen molar-refractivity contribution in [2.75, 3.05) is 19.6 Å². The van der Waals surface area contributed by atoms with Crippen LogP contribution in [0.3, 0.4) is 0 Å². The van der Waals surface area contributed by atoms with Crippen molar-refractivity contribution in [3.8, 4) is 0 Å². The standard InChI is InChI=1S/C14H21BrN2O2/c1-14(2,15)13(18)16-10-11(12-6-5-9-19-12)17-7-3-4-8-17/h5-6,9,11H,3-4,7-8,10H2,1-2H3,(H,16,18). The number of nitrogens with one attached hydrogen (secondary N) is 1. The number of carbonyl (C=O) groups is 1. The Morgan fingerprint density at radius 1 is 1.53 bits per heavy atom. The van der Waals surface area contributed by atoms with E-state index >= 15 is 0 Å². The van der Waals surface area contributed by atoms with E-state index in [0.717, 1.165) is 18.8 Å². The zero-order chi connectivity index (χ0) is 13.9. The van der Waals surface area contributed by atoms with Crippen LogP contribution in [0.4, 0.5) is 0 Å². The molecule has 1 fully saturated rings. The highest BCUT2D eigenvalue weighted by atomic mass is 79.9. The maximum Gasteiger partial charge on any atom is 0.236 e. The molecule has 1 aromatic heterocycles. The smallest absolute Gasteiger partial charge is 0.236 e. The Morgan fingerprint density at radius 3 is 2.74 bits per heavy atom. The second-order valence-electron chi connectivity index (χ2n) is 5.46. The van der Waals surface area contributed by atoms with Gasteiger partial charge in [0.05, 0.1) is 16.6 Å². The van der Waals surface area contributed by atoms with E-state index in [1.165, 1.54) is 12.8 Å². The van der Waals surface area contributed by atoms with E-state index in [1.54, 1.807) is 6.26 Å². The first-order valence-corrected chi connectivity index (χ1v) is 7.52. The topological polar surface area (TPSA) is 45.5 Å². The van der Waals surface area contributed by atoms with Crippen LogP contribution in [0, 0.1) is 0 Å². The van der Waals surface area contributed by atoms with E-state index < -0.39 is 4.32 Å². The number of hydrogen-bond acceptors (Lipinski definition) is 3. The molecule has 1 aliphatic heterocycles. The molecular formula is C14H21BrN2O2. The molecule has 0 aromatic carbocycles. The third-order valence-electron chi connectivity index (χ3n) is 3.45. The number of halogens is 1.